The maximum absolute atomic E-state index is 12.6. The van der Waals surface area contributed by atoms with Crippen LogP contribution in [0.25, 0.3) is 0 Å². The van der Waals surface area contributed by atoms with Gasteiger partial charge in [0.2, 0.25) is 0 Å². The molecule has 6 nitrogen and oxygen atoms in total. The molecule has 3 aromatic rings. The fourth-order valence-corrected chi connectivity index (χ4v) is 2.73. The van der Waals surface area contributed by atoms with Crippen molar-refractivity contribution in [2.75, 3.05) is 19.0 Å². The second-order valence-corrected chi connectivity index (χ2v) is 6.20. The lowest BCUT2D eigenvalue weighted by atomic mass is 10.1. The number of hydrogen-bond acceptors (Lipinski definition) is 4. The summed E-state index contributed by atoms with van der Waals surface area (Å²) in [5, 5.41) is 5.60. The molecule has 2 amide bonds. The van der Waals surface area contributed by atoms with Gasteiger partial charge in [-0.15, -0.1) is 0 Å². The van der Waals surface area contributed by atoms with Crippen molar-refractivity contribution in [1.29, 1.82) is 0 Å². The van der Waals surface area contributed by atoms with Crippen LogP contribution in [0.3, 0.4) is 0 Å². The van der Waals surface area contributed by atoms with E-state index in [9.17, 15) is 9.59 Å². The first-order chi connectivity index (χ1) is 14.2. The van der Waals surface area contributed by atoms with E-state index >= 15 is 0 Å². The van der Waals surface area contributed by atoms with Crippen LogP contribution in [0.15, 0.2) is 78.9 Å². The Morgan fingerprint density at radius 3 is 2.24 bits per heavy atom. The van der Waals surface area contributed by atoms with E-state index in [0.717, 1.165) is 5.56 Å². The third-order valence-corrected chi connectivity index (χ3v) is 4.17. The SMILES string of the molecule is COc1ccccc1OCC(=O)Nc1ccccc1C(=O)NCc1ccccc1. The van der Waals surface area contributed by atoms with Gasteiger partial charge in [-0.25, -0.2) is 0 Å². The summed E-state index contributed by atoms with van der Waals surface area (Å²) in [7, 11) is 1.53. The van der Waals surface area contributed by atoms with E-state index in [1.165, 1.54) is 7.11 Å². The Kier molecular flexibility index (Phi) is 6.84. The van der Waals surface area contributed by atoms with Crippen LogP contribution in [0, 0.1) is 0 Å². The predicted molar refractivity (Wildman–Crippen MR) is 111 cm³/mol. The minimum atomic E-state index is -0.376. The number of benzene rings is 3. The molecule has 0 atom stereocenters. The van der Waals surface area contributed by atoms with Gasteiger partial charge in [0.05, 0.1) is 18.4 Å². The first-order valence-corrected chi connectivity index (χ1v) is 9.14. The molecule has 148 valence electrons. The number of amides is 2. The van der Waals surface area contributed by atoms with Crippen molar-refractivity contribution in [1.82, 2.24) is 5.32 Å². The van der Waals surface area contributed by atoms with E-state index in [0.29, 0.717) is 29.3 Å². The Morgan fingerprint density at radius 1 is 0.828 bits per heavy atom. The van der Waals surface area contributed by atoms with Crippen LogP contribution in [0.1, 0.15) is 15.9 Å². The summed E-state index contributed by atoms with van der Waals surface area (Å²) in [4.78, 5) is 24.9. The number of anilines is 1. The van der Waals surface area contributed by atoms with Gasteiger partial charge in [0.25, 0.3) is 11.8 Å². The van der Waals surface area contributed by atoms with Crippen molar-refractivity contribution >= 4 is 17.5 Å². The van der Waals surface area contributed by atoms with Gasteiger partial charge in [-0.2, -0.15) is 0 Å². The first-order valence-electron chi connectivity index (χ1n) is 9.14. The molecule has 0 fully saturated rings. The van der Waals surface area contributed by atoms with Crippen LogP contribution in [0.2, 0.25) is 0 Å². The summed E-state index contributed by atoms with van der Waals surface area (Å²) in [6.45, 7) is 0.194. The summed E-state index contributed by atoms with van der Waals surface area (Å²) in [5.41, 5.74) is 1.80. The van der Waals surface area contributed by atoms with Crippen LogP contribution in [0.5, 0.6) is 11.5 Å². The molecule has 0 radical (unpaired) electrons. The van der Waals surface area contributed by atoms with Gasteiger partial charge >= 0.3 is 0 Å². The van der Waals surface area contributed by atoms with Crippen molar-refractivity contribution < 1.29 is 19.1 Å². The van der Waals surface area contributed by atoms with Crippen molar-refractivity contribution in [2.45, 2.75) is 6.54 Å². The maximum Gasteiger partial charge on any atom is 0.262 e. The van der Waals surface area contributed by atoms with E-state index in [1.807, 2.05) is 36.4 Å². The lowest BCUT2D eigenvalue weighted by molar-refractivity contribution is -0.118. The third kappa shape index (κ3) is 5.59. The van der Waals surface area contributed by atoms with Gasteiger partial charge in [-0.05, 0) is 29.8 Å². The van der Waals surface area contributed by atoms with Crippen molar-refractivity contribution in [3.8, 4) is 11.5 Å². The zero-order chi connectivity index (χ0) is 20.5. The van der Waals surface area contributed by atoms with Crippen molar-refractivity contribution in [3.05, 3.63) is 90.0 Å². The van der Waals surface area contributed by atoms with Gasteiger partial charge in [0.15, 0.2) is 18.1 Å². The van der Waals surface area contributed by atoms with Gasteiger partial charge in [0.1, 0.15) is 0 Å². The summed E-state index contributed by atoms with van der Waals surface area (Å²) in [6, 6.07) is 23.5. The van der Waals surface area contributed by atoms with E-state index in [2.05, 4.69) is 10.6 Å². The molecule has 2 N–H and O–H groups in total. The summed E-state index contributed by atoms with van der Waals surface area (Å²) in [5.74, 6) is 0.370. The summed E-state index contributed by atoms with van der Waals surface area (Å²) < 4.78 is 10.7. The van der Waals surface area contributed by atoms with Gasteiger partial charge in [-0.1, -0.05) is 54.6 Å². The van der Waals surface area contributed by atoms with Crippen molar-refractivity contribution in [3.63, 3.8) is 0 Å². The largest absolute Gasteiger partial charge is 0.493 e. The number of carbonyl (C=O) groups excluding carboxylic acids is 2. The molecule has 29 heavy (non-hydrogen) atoms. The molecule has 0 aliphatic rings. The summed E-state index contributed by atoms with van der Waals surface area (Å²) >= 11 is 0. The van der Waals surface area contributed by atoms with Gasteiger partial charge < -0.3 is 20.1 Å². The standard InChI is InChI=1S/C23H22N2O4/c1-28-20-13-7-8-14-21(20)29-16-22(26)25-19-12-6-5-11-18(19)23(27)24-15-17-9-3-2-4-10-17/h2-14H,15-16H2,1H3,(H,24,27)(H,25,26). The fourth-order valence-electron chi connectivity index (χ4n) is 2.73. The Bertz CT molecular complexity index is 973. The minimum absolute atomic E-state index is 0.208. The second kappa shape index (κ2) is 9.94. The van der Waals surface area contributed by atoms with Crippen LogP contribution < -0.4 is 20.1 Å². The number of nitrogens with one attached hydrogen (secondary N) is 2. The topological polar surface area (TPSA) is 76.7 Å². The van der Waals surface area contributed by atoms with Crippen LogP contribution in [0.4, 0.5) is 5.69 Å². The Morgan fingerprint density at radius 2 is 1.48 bits per heavy atom. The molecular formula is C23H22N2O4. The Balaban J connectivity index is 1.60. The lowest BCUT2D eigenvalue weighted by Gasteiger charge is -2.13. The predicted octanol–water partition coefficient (Wildman–Crippen LogP) is 3.64. The van der Waals surface area contributed by atoms with Crippen LogP contribution in [-0.2, 0) is 11.3 Å². The number of ether oxygens (including phenoxy) is 2. The molecular weight excluding hydrogens is 368 g/mol. The summed E-state index contributed by atoms with van der Waals surface area (Å²) in [6.07, 6.45) is 0. The van der Waals surface area contributed by atoms with Gasteiger partial charge in [-0.3, -0.25) is 9.59 Å². The number of carbonyl (C=O) groups is 2. The number of rotatable bonds is 8. The quantitative estimate of drug-likeness (QED) is 0.616. The van der Waals surface area contributed by atoms with Crippen LogP contribution in [-0.4, -0.2) is 25.5 Å². The zero-order valence-corrected chi connectivity index (χ0v) is 16.1. The van der Waals surface area contributed by atoms with E-state index in [4.69, 9.17) is 9.47 Å². The monoisotopic (exact) mass is 390 g/mol. The average Bonchev–Trinajstić information content (AvgIpc) is 2.77. The molecule has 0 saturated carbocycles. The molecule has 0 aromatic heterocycles. The molecule has 3 aromatic carbocycles. The van der Waals surface area contributed by atoms with E-state index in [-0.39, 0.29) is 18.4 Å². The van der Waals surface area contributed by atoms with Gasteiger partial charge in [0, 0.05) is 6.54 Å². The molecule has 0 saturated heterocycles. The van der Waals surface area contributed by atoms with Crippen molar-refractivity contribution in [2.24, 2.45) is 0 Å². The highest BCUT2D eigenvalue weighted by Crippen LogP contribution is 2.25. The van der Waals surface area contributed by atoms with Crippen LogP contribution >= 0.6 is 0 Å². The number of para-hydroxylation sites is 3. The molecule has 0 aliphatic heterocycles. The first kappa shape index (κ1) is 19.9. The maximum atomic E-state index is 12.6. The molecule has 0 heterocycles. The Hall–Kier alpha value is -3.80. The molecule has 0 aliphatic carbocycles. The molecule has 0 unspecified atom stereocenters. The second-order valence-electron chi connectivity index (χ2n) is 6.20. The molecule has 3 rings (SSSR count). The highest BCUT2D eigenvalue weighted by Gasteiger charge is 2.14. The number of hydrogen-bond donors (Lipinski definition) is 2. The molecule has 0 spiro atoms. The number of methoxy groups -OCH3 is 1. The zero-order valence-electron chi connectivity index (χ0n) is 16.1. The average molecular weight is 390 g/mol. The minimum Gasteiger partial charge on any atom is -0.493 e. The molecule has 0 bridgehead atoms. The highest BCUT2D eigenvalue weighted by molar-refractivity contribution is 6.04. The smallest absolute Gasteiger partial charge is 0.262 e. The normalized spacial score (nSPS) is 10.1. The van der Waals surface area contributed by atoms with E-state index < -0.39 is 0 Å². The Labute approximate surface area is 169 Å². The highest BCUT2D eigenvalue weighted by atomic mass is 16.5. The fraction of sp³-hybridized carbons (Fsp3) is 0.130. The third-order valence-electron chi connectivity index (χ3n) is 4.17. The lowest BCUT2D eigenvalue weighted by Crippen LogP contribution is -2.26. The van der Waals surface area contributed by atoms with E-state index in [1.54, 1.807) is 42.5 Å². The molecule has 6 heteroatoms.